The highest BCUT2D eigenvalue weighted by atomic mass is 35.5. The first kappa shape index (κ1) is 15.0. The zero-order valence-electron chi connectivity index (χ0n) is 13.0. The van der Waals surface area contributed by atoms with Crippen LogP contribution < -0.4 is 0 Å². The van der Waals surface area contributed by atoms with E-state index in [1.807, 2.05) is 30.3 Å². The lowest BCUT2D eigenvalue weighted by atomic mass is 9.85. The first-order valence-corrected chi connectivity index (χ1v) is 8.76. The molecule has 1 aliphatic carbocycles. The van der Waals surface area contributed by atoms with Gasteiger partial charge in [-0.25, -0.2) is 0 Å². The van der Waals surface area contributed by atoms with E-state index in [4.69, 9.17) is 28.3 Å². The van der Waals surface area contributed by atoms with Gasteiger partial charge in [-0.15, -0.1) is 0 Å². The number of nitrogens with zero attached hydrogens (tertiary/aromatic N) is 2. The predicted octanol–water partition coefficient (Wildman–Crippen LogP) is 5.34. The monoisotopic (exact) mass is 344 g/mol. The third kappa shape index (κ3) is 2.45. The first-order valence-electron chi connectivity index (χ1n) is 8.00. The van der Waals surface area contributed by atoms with Crippen LogP contribution in [0.1, 0.15) is 35.6 Å². The number of benzene rings is 2. The molecular weight excluding hydrogens is 327 g/mol. The number of aryl methyl sites for hydroxylation is 1. The molecule has 1 heterocycles. The Morgan fingerprint density at radius 3 is 2.57 bits per heavy atom. The molecule has 2 aromatic carbocycles. The van der Waals surface area contributed by atoms with Gasteiger partial charge in [-0.2, -0.15) is 5.10 Å². The fourth-order valence-electron chi connectivity index (χ4n) is 3.95. The van der Waals surface area contributed by atoms with Gasteiger partial charge in [0.1, 0.15) is 0 Å². The van der Waals surface area contributed by atoms with Crippen LogP contribution in [-0.4, -0.2) is 17.8 Å². The second-order valence-corrected chi connectivity index (χ2v) is 7.11. The molecule has 0 aromatic heterocycles. The van der Waals surface area contributed by atoms with Crippen LogP contribution in [0.3, 0.4) is 0 Å². The first-order chi connectivity index (χ1) is 11.2. The van der Waals surface area contributed by atoms with E-state index < -0.39 is 0 Å². The second kappa shape index (κ2) is 5.85. The molecule has 23 heavy (non-hydrogen) atoms. The Bertz CT molecular complexity index is 764. The summed E-state index contributed by atoms with van der Waals surface area (Å²) in [5.41, 5.74) is 4.86. The molecule has 118 valence electrons. The number of halogens is 2. The third-order valence-electron chi connectivity index (χ3n) is 4.95. The Balaban J connectivity index is 1.83. The molecule has 2 aliphatic rings. The van der Waals surface area contributed by atoms with Crippen LogP contribution in [0.2, 0.25) is 10.0 Å². The zero-order chi connectivity index (χ0) is 16.0. The molecule has 0 bridgehead atoms. The van der Waals surface area contributed by atoms with E-state index in [1.165, 1.54) is 16.8 Å². The molecule has 4 rings (SSSR count). The lowest BCUT2D eigenvalue weighted by Gasteiger charge is -2.27. The molecule has 4 heteroatoms. The van der Waals surface area contributed by atoms with Crippen LogP contribution in [-0.2, 0) is 6.42 Å². The standard InChI is InChI=1S/C19H18Cl2N2/c1-23-19(17-15(20)10-5-11-16(17)21)14-9-4-7-12-6-2-3-8-13(12)18(14)22-23/h2-3,5-6,8,10-11,14,19H,4,7,9H2,1H3. The summed E-state index contributed by atoms with van der Waals surface area (Å²) in [6, 6.07) is 14.5. The predicted molar refractivity (Wildman–Crippen MR) is 96.4 cm³/mol. The van der Waals surface area contributed by atoms with Crippen LogP contribution >= 0.6 is 23.2 Å². The Morgan fingerprint density at radius 1 is 1.04 bits per heavy atom. The smallest absolute Gasteiger partial charge is 0.0830 e. The zero-order valence-corrected chi connectivity index (χ0v) is 14.5. The van der Waals surface area contributed by atoms with E-state index in [0.717, 1.165) is 34.9 Å². The van der Waals surface area contributed by atoms with Crippen molar-refractivity contribution in [3.05, 3.63) is 69.2 Å². The third-order valence-corrected chi connectivity index (χ3v) is 5.61. The molecule has 2 atom stereocenters. The largest absolute Gasteiger partial charge is 0.292 e. The molecule has 1 aliphatic heterocycles. The van der Waals surface area contributed by atoms with Crippen molar-refractivity contribution in [2.75, 3.05) is 7.05 Å². The van der Waals surface area contributed by atoms with Crippen molar-refractivity contribution < 1.29 is 0 Å². The average molecular weight is 345 g/mol. The summed E-state index contributed by atoms with van der Waals surface area (Å²) < 4.78 is 0. The summed E-state index contributed by atoms with van der Waals surface area (Å²) in [5.74, 6) is 0.334. The molecule has 0 saturated carbocycles. The molecule has 0 fully saturated rings. The van der Waals surface area contributed by atoms with E-state index >= 15 is 0 Å². The fourth-order valence-corrected chi connectivity index (χ4v) is 4.57. The number of hydrogen-bond donors (Lipinski definition) is 0. The topological polar surface area (TPSA) is 15.6 Å². The quantitative estimate of drug-likeness (QED) is 0.681. The van der Waals surface area contributed by atoms with Crippen LogP contribution in [0, 0.1) is 5.92 Å². The lowest BCUT2D eigenvalue weighted by molar-refractivity contribution is 0.243. The van der Waals surface area contributed by atoms with Crippen LogP contribution in [0.4, 0.5) is 0 Å². The SMILES string of the molecule is CN1N=C2c3ccccc3CCCC2C1c1c(Cl)cccc1Cl. The van der Waals surface area contributed by atoms with Crippen molar-refractivity contribution in [1.29, 1.82) is 0 Å². The molecule has 0 N–H and O–H groups in total. The summed E-state index contributed by atoms with van der Waals surface area (Å²) >= 11 is 13.0. The maximum Gasteiger partial charge on any atom is 0.0830 e. The molecule has 0 spiro atoms. The van der Waals surface area contributed by atoms with Crippen LogP contribution in [0.25, 0.3) is 0 Å². The molecule has 2 aromatic rings. The van der Waals surface area contributed by atoms with Gasteiger partial charge in [0, 0.05) is 34.1 Å². The van der Waals surface area contributed by atoms with Crippen LogP contribution in [0.15, 0.2) is 47.6 Å². The molecule has 2 unspecified atom stereocenters. The highest BCUT2D eigenvalue weighted by Crippen LogP contribution is 2.45. The summed E-state index contributed by atoms with van der Waals surface area (Å²) in [7, 11) is 2.02. The summed E-state index contributed by atoms with van der Waals surface area (Å²) in [6.07, 6.45) is 3.37. The molecular formula is C19H18Cl2N2. The maximum atomic E-state index is 6.49. The fraction of sp³-hybridized carbons (Fsp3) is 0.316. The van der Waals surface area contributed by atoms with Crippen molar-refractivity contribution >= 4 is 28.9 Å². The van der Waals surface area contributed by atoms with Gasteiger partial charge in [0.15, 0.2) is 0 Å². The summed E-state index contributed by atoms with van der Waals surface area (Å²) in [4.78, 5) is 0. The average Bonchev–Trinajstić information content (AvgIpc) is 2.74. The van der Waals surface area contributed by atoms with Crippen molar-refractivity contribution in [3.8, 4) is 0 Å². The molecule has 0 saturated heterocycles. The minimum atomic E-state index is 0.109. The Hall–Kier alpha value is -1.51. The molecule has 0 radical (unpaired) electrons. The molecule has 0 amide bonds. The number of hydrazone groups is 1. The minimum absolute atomic E-state index is 0.109. The Morgan fingerprint density at radius 2 is 1.78 bits per heavy atom. The number of hydrogen-bond acceptors (Lipinski definition) is 2. The highest BCUT2D eigenvalue weighted by Gasteiger charge is 2.40. The minimum Gasteiger partial charge on any atom is -0.292 e. The van der Waals surface area contributed by atoms with Gasteiger partial charge in [0.25, 0.3) is 0 Å². The van der Waals surface area contributed by atoms with Crippen molar-refractivity contribution in [2.45, 2.75) is 25.3 Å². The van der Waals surface area contributed by atoms with Gasteiger partial charge in [0.2, 0.25) is 0 Å². The van der Waals surface area contributed by atoms with E-state index in [-0.39, 0.29) is 6.04 Å². The lowest BCUT2D eigenvalue weighted by Crippen LogP contribution is -2.23. The van der Waals surface area contributed by atoms with Crippen molar-refractivity contribution in [3.63, 3.8) is 0 Å². The Kier molecular flexibility index (Phi) is 3.82. The van der Waals surface area contributed by atoms with E-state index in [9.17, 15) is 0 Å². The van der Waals surface area contributed by atoms with Gasteiger partial charge in [-0.1, -0.05) is 53.5 Å². The van der Waals surface area contributed by atoms with E-state index in [2.05, 4.69) is 24.3 Å². The van der Waals surface area contributed by atoms with Crippen molar-refractivity contribution in [2.24, 2.45) is 11.0 Å². The van der Waals surface area contributed by atoms with E-state index in [0.29, 0.717) is 5.92 Å². The highest BCUT2D eigenvalue weighted by molar-refractivity contribution is 6.36. The molecule has 2 nitrogen and oxygen atoms in total. The Labute approximate surface area is 146 Å². The normalized spacial score (nSPS) is 23.1. The van der Waals surface area contributed by atoms with Gasteiger partial charge in [0.05, 0.1) is 11.8 Å². The number of rotatable bonds is 1. The van der Waals surface area contributed by atoms with Gasteiger partial charge in [-0.3, -0.25) is 5.01 Å². The number of fused-ring (bicyclic) bond motifs is 3. The van der Waals surface area contributed by atoms with Gasteiger partial charge < -0.3 is 0 Å². The van der Waals surface area contributed by atoms with E-state index in [1.54, 1.807) is 0 Å². The second-order valence-electron chi connectivity index (χ2n) is 6.29. The van der Waals surface area contributed by atoms with Crippen molar-refractivity contribution in [1.82, 2.24) is 5.01 Å². The van der Waals surface area contributed by atoms with Gasteiger partial charge in [-0.05, 0) is 37.0 Å². The maximum absolute atomic E-state index is 6.49. The van der Waals surface area contributed by atoms with Gasteiger partial charge >= 0.3 is 0 Å². The summed E-state index contributed by atoms with van der Waals surface area (Å²) in [5, 5.41) is 8.37. The summed E-state index contributed by atoms with van der Waals surface area (Å²) in [6.45, 7) is 0. The van der Waals surface area contributed by atoms with Crippen LogP contribution in [0.5, 0.6) is 0 Å².